The molecule has 1 aromatic carbocycles. The average molecular weight is 231 g/mol. The Bertz CT molecular complexity index is 435. The number of anilines is 1. The molecule has 3 nitrogen and oxygen atoms in total. The summed E-state index contributed by atoms with van der Waals surface area (Å²) < 4.78 is 0. The first kappa shape index (κ1) is 13.2. The van der Waals surface area contributed by atoms with Gasteiger partial charge in [0.2, 0.25) is 11.8 Å². The standard InChI is InChI=1S/C14H17NO2/c1-4-11(2)10-14(17)15(12(3)16)13-8-6-5-7-9-13/h4-9H,10H2,1-3H3/b11-4+. The van der Waals surface area contributed by atoms with E-state index in [1.165, 1.54) is 11.8 Å². The number of para-hydroxylation sites is 1. The summed E-state index contributed by atoms with van der Waals surface area (Å²) >= 11 is 0. The molecule has 0 atom stereocenters. The van der Waals surface area contributed by atoms with Gasteiger partial charge in [-0.15, -0.1) is 0 Å². The Labute approximate surface area is 102 Å². The minimum Gasteiger partial charge on any atom is -0.274 e. The van der Waals surface area contributed by atoms with E-state index in [0.29, 0.717) is 5.69 Å². The molecular formula is C14H17NO2. The molecule has 1 rings (SSSR count). The van der Waals surface area contributed by atoms with E-state index >= 15 is 0 Å². The lowest BCUT2D eigenvalue weighted by molar-refractivity contribution is -0.125. The van der Waals surface area contributed by atoms with Crippen LogP contribution < -0.4 is 4.90 Å². The van der Waals surface area contributed by atoms with Crippen LogP contribution in [-0.4, -0.2) is 11.8 Å². The third-order valence-corrected chi connectivity index (χ3v) is 2.50. The van der Waals surface area contributed by atoms with Crippen molar-refractivity contribution in [1.29, 1.82) is 0 Å². The number of carbonyl (C=O) groups is 2. The zero-order chi connectivity index (χ0) is 12.8. The predicted octanol–water partition coefficient (Wildman–Crippen LogP) is 2.92. The Morgan fingerprint density at radius 3 is 2.24 bits per heavy atom. The molecule has 0 aliphatic carbocycles. The average Bonchev–Trinajstić information content (AvgIpc) is 2.29. The van der Waals surface area contributed by atoms with Gasteiger partial charge < -0.3 is 0 Å². The molecule has 0 radical (unpaired) electrons. The van der Waals surface area contributed by atoms with Crippen LogP contribution in [0.15, 0.2) is 42.0 Å². The minimum atomic E-state index is -0.259. The van der Waals surface area contributed by atoms with Crippen LogP contribution in [0, 0.1) is 0 Å². The first-order chi connectivity index (χ1) is 8.06. The molecular weight excluding hydrogens is 214 g/mol. The molecule has 0 bridgehead atoms. The second-order valence-corrected chi connectivity index (χ2v) is 3.90. The quantitative estimate of drug-likeness (QED) is 0.750. The van der Waals surface area contributed by atoms with Gasteiger partial charge in [0.25, 0.3) is 0 Å². The van der Waals surface area contributed by atoms with Crippen molar-refractivity contribution >= 4 is 17.5 Å². The highest BCUT2D eigenvalue weighted by Crippen LogP contribution is 2.16. The topological polar surface area (TPSA) is 37.4 Å². The van der Waals surface area contributed by atoms with E-state index in [1.807, 2.05) is 26.0 Å². The summed E-state index contributed by atoms with van der Waals surface area (Å²) in [6.07, 6.45) is 2.15. The fraction of sp³-hybridized carbons (Fsp3) is 0.286. The van der Waals surface area contributed by atoms with E-state index in [1.54, 1.807) is 24.3 Å². The van der Waals surface area contributed by atoms with E-state index in [4.69, 9.17) is 0 Å². The molecule has 0 saturated carbocycles. The molecule has 0 spiro atoms. The van der Waals surface area contributed by atoms with Crippen molar-refractivity contribution in [1.82, 2.24) is 0 Å². The molecule has 2 amide bonds. The molecule has 0 heterocycles. The van der Waals surface area contributed by atoms with Crippen molar-refractivity contribution in [2.75, 3.05) is 4.90 Å². The zero-order valence-electron chi connectivity index (χ0n) is 10.4. The maximum absolute atomic E-state index is 12.0. The first-order valence-electron chi connectivity index (χ1n) is 5.56. The summed E-state index contributed by atoms with van der Waals surface area (Å²) in [4.78, 5) is 24.8. The SMILES string of the molecule is C/C=C(\C)CC(=O)N(C(C)=O)c1ccccc1. The summed E-state index contributed by atoms with van der Waals surface area (Å²) in [6, 6.07) is 8.97. The van der Waals surface area contributed by atoms with Gasteiger partial charge in [-0.3, -0.25) is 14.5 Å². The fourth-order valence-electron chi connectivity index (χ4n) is 1.50. The summed E-state index contributed by atoms with van der Waals surface area (Å²) in [7, 11) is 0. The number of benzene rings is 1. The lowest BCUT2D eigenvalue weighted by Crippen LogP contribution is -2.35. The van der Waals surface area contributed by atoms with Crippen molar-refractivity contribution in [3.8, 4) is 0 Å². The van der Waals surface area contributed by atoms with Crippen LogP contribution in [0.5, 0.6) is 0 Å². The number of allylic oxidation sites excluding steroid dienone is 1. The zero-order valence-corrected chi connectivity index (χ0v) is 10.4. The van der Waals surface area contributed by atoms with Crippen molar-refractivity contribution in [3.63, 3.8) is 0 Å². The number of nitrogens with zero attached hydrogens (tertiary/aromatic N) is 1. The highest BCUT2D eigenvalue weighted by atomic mass is 16.2. The molecule has 1 aromatic rings. The van der Waals surface area contributed by atoms with Crippen molar-refractivity contribution in [3.05, 3.63) is 42.0 Å². The largest absolute Gasteiger partial charge is 0.274 e. The molecule has 0 aliphatic heterocycles. The summed E-state index contributed by atoms with van der Waals surface area (Å²) in [5.74, 6) is -0.454. The maximum atomic E-state index is 12.0. The molecule has 0 unspecified atom stereocenters. The van der Waals surface area contributed by atoms with Crippen LogP contribution in [0.25, 0.3) is 0 Å². The number of carbonyl (C=O) groups excluding carboxylic acids is 2. The van der Waals surface area contributed by atoms with Crippen LogP contribution in [0.4, 0.5) is 5.69 Å². The summed E-state index contributed by atoms with van der Waals surface area (Å²) in [6.45, 7) is 5.15. The maximum Gasteiger partial charge on any atom is 0.237 e. The molecule has 17 heavy (non-hydrogen) atoms. The monoisotopic (exact) mass is 231 g/mol. The first-order valence-corrected chi connectivity index (χ1v) is 5.56. The highest BCUT2D eigenvalue weighted by molar-refractivity contribution is 6.14. The van der Waals surface area contributed by atoms with Gasteiger partial charge in [-0.25, -0.2) is 0 Å². The van der Waals surface area contributed by atoms with Crippen LogP contribution in [-0.2, 0) is 9.59 Å². The molecule has 0 fully saturated rings. The fourth-order valence-corrected chi connectivity index (χ4v) is 1.50. The van der Waals surface area contributed by atoms with Gasteiger partial charge in [-0.2, -0.15) is 0 Å². The van der Waals surface area contributed by atoms with E-state index in [9.17, 15) is 9.59 Å². The molecule has 0 saturated heterocycles. The number of imide groups is 1. The Kier molecular flexibility index (Phi) is 4.64. The number of hydrogen-bond donors (Lipinski definition) is 0. The van der Waals surface area contributed by atoms with Crippen molar-refractivity contribution < 1.29 is 9.59 Å². The Hall–Kier alpha value is -1.90. The smallest absolute Gasteiger partial charge is 0.237 e. The second-order valence-electron chi connectivity index (χ2n) is 3.90. The Morgan fingerprint density at radius 2 is 1.76 bits per heavy atom. The van der Waals surface area contributed by atoms with E-state index in [0.717, 1.165) is 5.57 Å². The Balaban J connectivity index is 2.95. The molecule has 90 valence electrons. The van der Waals surface area contributed by atoms with Gasteiger partial charge in [0.1, 0.15) is 0 Å². The van der Waals surface area contributed by atoms with Gasteiger partial charge in [0, 0.05) is 13.3 Å². The van der Waals surface area contributed by atoms with E-state index in [2.05, 4.69) is 0 Å². The highest BCUT2D eigenvalue weighted by Gasteiger charge is 2.19. The van der Waals surface area contributed by atoms with Crippen molar-refractivity contribution in [2.24, 2.45) is 0 Å². The molecule has 0 aromatic heterocycles. The van der Waals surface area contributed by atoms with Crippen LogP contribution >= 0.6 is 0 Å². The third-order valence-electron chi connectivity index (χ3n) is 2.50. The number of rotatable bonds is 3. The van der Waals surface area contributed by atoms with Gasteiger partial charge in [-0.05, 0) is 26.0 Å². The lowest BCUT2D eigenvalue weighted by Gasteiger charge is -2.19. The summed E-state index contributed by atoms with van der Waals surface area (Å²) in [5, 5.41) is 0. The summed E-state index contributed by atoms with van der Waals surface area (Å²) in [5.41, 5.74) is 1.58. The number of amides is 2. The van der Waals surface area contributed by atoms with Crippen LogP contribution in [0.2, 0.25) is 0 Å². The lowest BCUT2D eigenvalue weighted by atomic mass is 10.1. The van der Waals surface area contributed by atoms with Gasteiger partial charge in [0.05, 0.1) is 5.69 Å². The van der Waals surface area contributed by atoms with E-state index < -0.39 is 0 Å². The van der Waals surface area contributed by atoms with E-state index in [-0.39, 0.29) is 18.2 Å². The van der Waals surface area contributed by atoms with Gasteiger partial charge in [0.15, 0.2) is 0 Å². The molecule has 3 heteroatoms. The van der Waals surface area contributed by atoms with Gasteiger partial charge in [-0.1, -0.05) is 29.8 Å². The normalized spacial score (nSPS) is 11.1. The third kappa shape index (κ3) is 3.55. The minimum absolute atomic E-state index is 0.195. The van der Waals surface area contributed by atoms with Crippen molar-refractivity contribution in [2.45, 2.75) is 27.2 Å². The van der Waals surface area contributed by atoms with Gasteiger partial charge >= 0.3 is 0 Å². The van der Waals surface area contributed by atoms with Crippen LogP contribution in [0.3, 0.4) is 0 Å². The number of hydrogen-bond acceptors (Lipinski definition) is 2. The Morgan fingerprint density at radius 1 is 1.18 bits per heavy atom. The second kappa shape index (κ2) is 5.99. The van der Waals surface area contributed by atoms with Crippen LogP contribution in [0.1, 0.15) is 27.2 Å². The predicted molar refractivity (Wildman–Crippen MR) is 68.7 cm³/mol. The molecule has 0 N–H and O–H groups in total. The molecule has 0 aliphatic rings.